The first-order chi connectivity index (χ1) is 14.3. The zero-order valence-corrected chi connectivity index (χ0v) is 17.6. The molecule has 4 amide bonds. The second-order valence-electron chi connectivity index (χ2n) is 6.22. The van der Waals surface area contributed by atoms with E-state index in [1.807, 2.05) is 0 Å². The molecule has 1 saturated heterocycles. The minimum atomic E-state index is -0.513. The van der Waals surface area contributed by atoms with Gasteiger partial charge in [-0.2, -0.15) is 0 Å². The molecule has 3 rings (SSSR count). The highest BCUT2D eigenvalue weighted by Gasteiger charge is 2.30. The quantitative estimate of drug-likeness (QED) is 0.492. The van der Waals surface area contributed by atoms with Crippen LogP contribution in [0.5, 0.6) is 11.5 Å². The van der Waals surface area contributed by atoms with E-state index < -0.39 is 23.7 Å². The molecule has 8 nitrogen and oxygen atoms in total. The summed E-state index contributed by atoms with van der Waals surface area (Å²) in [5, 5.41) is 5.07. The minimum Gasteiger partial charge on any atom is -0.493 e. The summed E-state index contributed by atoms with van der Waals surface area (Å²) in [5.41, 5.74) is 1.12. The van der Waals surface area contributed by atoms with E-state index in [4.69, 9.17) is 9.47 Å². The molecule has 1 heterocycles. The Hall–Kier alpha value is -3.40. The third kappa shape index (κ3) is 4.77. The van der Waals surface area contributed by atoms with Crippen molar-refractivity contribution in [1.29, 1.82) is 0 Å². The van der Waals surface area contributed by atoms with Gasteiger partial charge in [0.05, 0.1) is 7.11 Å². The van der Waals surface area contributed by atoms with Gasteiger partial charge in [-0.25, -0.2) is 9.18 Å². The highest BCUT2D eigenvalue weighted by molar-refractivity contribution is 9.10. The second-order valence-corrected chi connectivity index (χ2v) is 7.07. The summed E-state index contributed by atoms with van der Waals surface area (Å²) >= 11 is 3.38. The first-order valence-electron chi connectivity index (χ1n) is 8.65. The number of methoxy groups -OCH3 is 1. The number of carbonyl (C=O) groups is 3. The summed E-state index contributed by atoms with van der Waals surface area (Å²) in [6.07, 6.45) is 1.50. The number of carbonyl (C=O) groups excluding carboxylic acids is 3. The van der Waals surface area contributed by atoms with Crippen molar-refractivity contribution >= 4 is 45.5 Å². The Balaban J connectivity index is 1.72. The van der Waals surface area contributed by atoms with Gasteiger partial charge < -0.3 is 20.1 Å². The van der Waals surface area contributed by atoms with Gasteiger partial charge in [-0.3, -0.25) is 14.5 Å². The lowest BCUT2D eigenvalue weighted by molar-refractivity contribution is -0.122. The number of ether oxygens (including phenoxy) is 2. The van der Waals surface area contributed by atoms with E-state index in [-0.39, 0.29) is 12.3 Å². The summed E-state index contributed by atoms with van der Waals surface area (Å²) < 4.78 is 24.3. The number of benzene rings is 2. The Morgan fingerprint density at radius 1 is 1.23 bits per heavy atom. The van der Waals surface area contributed by atoms with E-state index in [1.165, 1.54) is 44.5 Å². The van der Waals surface area contributed by atoms with E-state index in [0.29, 0.717) is 27.2 Å². The zero-order chi connectivity index (χ0) is 21.8. The molecule has 2 aromatic carbocycles. The van der Waals surface area contributed by atoms with Gasteiger partial charge in [0.1, 0.15) is 11.5 Å². The minimum absolute atomic E-state index is 0.123. The van der Waals surface area contributed by atoms with Crippen molar-refractivity contribution in [2.45, 2.75) is 0 Å². The average Bonchev–Trinajstić information content (AvgIpc) is 2.96. The van der Waals surface area contributed by atoms with Crippen LogP contribution in [0.15, 0.2) is 46.6 Å². The molecular weight excluding hydrogens is 461 g/mol. The number of hydrogen-bond acceptors (Lipinski definition) is 5. The first-order valence-corrected chi connectivity index (χ1v) is 9.44. The largest absolute Gasteiger partial charge is 0.493 e. The fourth-order valence-electron chi connectivity index (χ4n) is 2.59. The molecule has 156 valence electrons. The van der Waals surface area contributed by atoms with Gasteiger partial charge in [-0.1, -0.05) is 15.9 Å². The van der Waals surface area contributed by atoms with Crippen molar-refractivity contribution in [2.75, 3.05) is 26.1 Å². The normalized spacial score (nSPS) is 14.7. The van der Waals surface area contributed by atoms with Crippen molar-refractivity contribution < 1.29 is 28.2 Å². The summed E-state index contributed by atoms with van der Waals surface area (Å²) in [7, 11) is 2.81. The van der Waals surface area contributed by atoms with E-state index in [0.717, 1.165) is 4.90 Å². The highest BCUT2D eigenvalue weighted by Crippen LogP contribution is 2.35. The maximum atomic E-state index is 12.9. The van der Waals surface area contributed by atoms with E-state index in [9.17, 15) is 18.8 Å². The zero-order valence-electron chi connectivity index (χ0n) is 16.0. The van der Waals surface area contributed by atoms with Crippen LogP contribution in [0.2, 0.25) is 0 Å². The average molecular weight is 478 g/mol. The van der Waals surface area contributed by atoms with Gasteiger partial charge in [0.15, 0.2) is 18.1 Å². The molecule has 0 atom stereocenters. The predicted molar refractivity (Wildman–Crippen MR) is 110 cm³/mol. The molecule has 10 heteroatoms. The third-order valence-corrected chi connectivity index (χ3v) is 4.84. The van der Waals surface area contributed by atoms with Crippen LogP contribution in [0.25, 0.3) is 6.08 Å². The van der Waals surface area contributed by atoms with Gasteiger partial charge in [0, 0.05) is 17.2 Å². The smallest absolute Gasteiger partial charge is 0.328 e. The van der Waals surface area contributed by atoms with E-state index in [1.54, 1.807) is 12.1 Å². The molecule has 0 aliphatic carbocycles. The third-order valence-electron chi connectivity index (χ3n) is 4.15. The number of rotatable bonds is 6. The van der Waals surface area contributed by atoms with E-state index in [2.05, 4.69) is 26.6 Å². The molecular formula is C20H17BrFN3O5. The van der Waals surface area contributed by atoms with Crippen molar-refractivity contribution in [1.82, 2.24) is 10.2 Å². The lowest BCUT2D eigenvalue weighted by atomic mass is 10.1. The number of imide groups is 1. The molecule has 1 fully saturated rings. The summed E-state index contributed by atoms with van der Waals surface area (Å²) in [6.45, 7) is -0.306. The number of likely N-dealkylation sites (N-methyl/N-ethyl adjacent to an activating group) is 1. The Bertz CT molecular complexity index is 1040. The fraction of sp³-hybridized carbons (Fsp3) is 0.150. The van der Waals surface area contributed by atoms with Gasteiger partial charge in [0.25, 0.3) is 11.8 Å². The summed E-state index contributed by atoms with van der Waals surface area (Å²) in [4.78, 5) is 36.7. The highest BCUT2D eigenvalue weighted by atomic mass is 79.9. The number of amides is 4. The molecule has 0 spiro atoms. The Labute approximate surface area is 179 Å². The van der Waals surface area contributed by atoms with Crippen molar-refractivity contribution in [3.05, 3.63) is 57.9 Å². The maximum Gasteiger partial charge on any atom is 0.328 e. The van der Waals surface area contributed by atoms with Crippen molar-refractivity contribution in [3.8, 4) is 11.5 Å². The van der Waals surface area contributed by atoms with Gasteiger partial charge >= 0.3 is 6.03 Å². The summed E-state index contributed by atoms with van der Waals surface area (Å²) in [5.74, 6) is -0.680. The number of nitrogens with one attached hydrogen (secondary N) is 2. The monoisotopic (exact) mass is 477 g/mol. The van der Waals surface area contributed by atoms with Gasteiger partial charge in [-0.15, -0.1) is 0 Å². The van der Waals surface area contributed by atoms with E-state index >= 15 is 0 Å². The molecule has 0 bridgehead atoms. The lowest BCUT2D eigenvalue weighted by Crippen LogP contribution is -2.25. The van der Waals surface area contributed by atoms with Gasteiger partial charge in [-0.05, 0) is 48.0 Å². The van der Waals surface area contributed by atoms with Gasteiger partial charge in [0.2, 0.25) is 0 Å². The van der Waals surface area contributed by atoms with Crippen LogP contribution in [0.4, 0.5) is 14.9 Å². The molecule has 2 N–H and O–H groups in total. The lowest BCUT2D eigenvalue weighted by Gasteiger charge is -2.13. The topological polar surface area (TPSA) is 97.0 Å². The van der Waals surface area contributed by atoms with Crippen LogP contribution in [0.1, 0.15) is 5.56 Å². The van der Waals surface area contributed by atoms with Crippen LogP contribution < -0.4 is 20.1 Å². The summed E-state index contributed by atoms with van der Waals surface area (Å²) in [6, 6.07) is 8.02. The maximum absolute atomic E-state index is 12.9. The van der Waals surface area contributed by atoms with Crippen molar-refractivity contribution in [2.24, 2.45) is 0 Å². The SMILES string of the molecule is COc1cc(/C=C2/NC(=O)N(C)C2=O)c(Br)cc1OCC(=O)Nc1ccc(F)cc1. The molecule has 0 aromatic heterocycles. The standard InChI is InChI=1S/C20H17BrFN3O5/c1-25-19(27)15(24-20(25)28)7-11-8-16(29-2)17(9-14(11)21)30-10-18(26)23-13-5-3-12(22)4-6-13/h3-9H,10H2,1-2H3,(H,23,26)(H,24,28)/b15-7+. The first kappa shape index (κ1) is 21.3. The number of anilines is 1. The predicted octanol–water partition coefficient (Wildman–Crippen LogP) is 3.14. The van der Waals surface area contributed by atoms with Crippen LogP contribution in [-0.4, -0.2) is 43.5 Å². The molecule has 0 radical (unpaired) electrons. The number of halogens is 2. The molecule has 0 unspecified atom stereocenters. The molecule has 0 saturated carbocycles. The Morgan fingerprint density at radius 3 is 2.53 bits per heavy atom. The van der Waals surface area contributed by atoms with Crippen LogP contribution in [-0.2, 0) is 9.59 Å². The Morgan fingerprint density at radius 2 is 1.93 bits per heavy atom. The number of hydrogen-bond donors (Lipinski definition) is 2. The molecule has 1 aliphatic rings. The molecule has 1 aliphatic heterocycles. The molecule has 2 aromatic rings. The van der Waals surface area contributed by atoms with Crippen LogP contribution >= 0.6 is 15.9 Å². The molecule has 30 heavy (non-hydrogen) atoms. The fourth-order valence-corrected chi connectivity index (χ4v) is 3.02. The Kier molecular flexibility index (Phi) is 6.36. The number of urea groups is 1. The van der Waals surface area contributed by atoms with Crippen molar-refractivity contribution in [3.63, 3.8) is 0 Å². The van der Waals surface area contributed by atoms with Crippen LogP contribution in [0.3, 0.4) is 0 Å². The van der Waals surface area contributed by atoms with Crippen LogP contribution in [0, 0.1) is 5.82 Å². The number of nitrogens with zero attached hydrogens (tertiary/aromatic N) is 1. The second kappa shape index (κ2) is 8.95.